The van der Waals surface area contributed by atoms with Gasteiger partial charge in [-0.1, -0.05) is 44.1 Å². The third kappa shape index (κ3) is 1.62. The molecular weight excluding hydrogens is 264 g/mol. The Hall–Kier alpha value is -1.84. The molecule has 0 unspecified atom stereocenters. The van der Waals surface area contributed by atoms with Crippen LogP contribution in [0.1, 0.15) is 40.0 Å². The predicted octanol–water partition coefficient (Wildman–Crippen LogP) is 3.67. The Kier molecular flexibility index (Phi) is 2.91. The quantitative estimate of drug-likeness (QED) is 0.643. The highest BCUT2D eigenvalue weighted by molar-refractivity contribution is 6.06. The van der Waals surface area contributed by atoms with Crippen LogP contribution in [0.2, 0.25) is 0 Å². The molecule has 1 aromatic rings. The molecule has 4 heteroatoms. The molecule has 0 heterocycles. The molecule has 2 saturated carbocycles. The van der Waals surface area contributed by atoms with Gasteiger partial charge in [0.1, 0.15) is 0 Å². The number of benzene rings is 1. The van der Waals surface area contributed by atoms with Crippen molar-refractivity contribution in [2.75, 3.05) is 5.32 Å². The number of fused-ring (bicyclic) bond motifs is 2. The van der Waals surface area contributed by atoms with Crippen LogP contribution in [-0.2, 0) is 4.79 Å². The van der Waals surface area contributed by atoms with Crippen LogP contribution in [0.4, 0.5) is 5.69 Å². The summed E-state index contributed by atoms with van der Waals surface area (Å²) in [5.41, 5.74) is 0.674. The van der Waals surface area contributed by atoms with E-state index in [-0.39, 0.29) is 16.7 Å². The highest BCUT2D eigenvalue weighted by Gasteiger charge is 2.71. The molecule has 21 heavy (non-hydrogen) atoms. The lowest BCUT2D eigenvalue weighted by Crippen LogP contribution is -2.43. The summed E-state index contributed by atoms with van der Waals surface area (Å²) in [5, 5.41) is 15.9. The van der Waals surface area contributed by atoms with Gasteiger partial charge in [0.15, 0.2) is 0 Å². The van der Waals surface area contributed by atoms with Gasteiger partial charge in [0, 0.05) is 17.5 Å². The van der Waals surface area contributed by atoms with Gasteiger partial charge < -0.3 is 10.5 Å². The van der Waals surface area contributed by atoms with Crippen molar-refractivity contribution in [3.05, 3.63) is 30.3 Å². The summed E-state index contributed by atoms with van der Waals surface area (Å²) in [4.78, 5) is 13.0. The molecule has 2 fully saturated rings. The first-order valence-corrected chi connectivity index (χ1v) is 7.45. The average Bonchev–Trinajstić information content (AvgIpc) is 2.78. The summed E-state index contributed by atoms with van der Waals surface area (Å²) >= 11 is 0. The molecule has 2 N–H and O–H groups in total. The van der Waals surface area contributed by atoms with E-state index in [4.69, 9.17) is 0 Å². The Bertz CT molecular complexity index is 608. The zero-order chi connectivity index (χ0) is 15.3. The summed E-state index contributed by atoms with van der Waals surface area (Å²) in [5.74, 6) is 0.0427. The van der Waals surface area contributed by atoms with Crippen molar-refractivity contribution in [2.24, 2.45) is 21.4 Å². The molecule has 1 amide bonds. The second kappa shape index (κ2) is 4.33. The van der Waals surface area contributed by atoms with Gasteiger partial charge in [0.05, 0.1) is 11.1 Å². The lowest BCUT2D eigenvalue weighted by Gasteiger charge is -2.39. The van der Waals surface area contributed by atoms with Crippen LogP contribution in [0.25, 0.3) is 0 Å². The Morgan fingerprint density at radius 3 is 2.43 bits per heavy atom. The van der Waals surface area contributed by atoms with Gasteiger partial charge in [-0.25, -0.2) is 0 Å². The molecule has 1 aromatic carbocycles. The number of para-hydroxylation sites is 1. The number of hydrogen-bond donors (Lipinski definition) is 2. The number of carbonyl (C=O) groups excluding carboxylic acids is 1. The average molecular weight is 286 g/mol. The molecule has 112 valence electrons. The predicted molar refractivity (Wildman–Crippen MR) is 82.5 cm³/mol. The maximum absolute atomic E-state index is 13.0. The molecule has 4 nitrogen and oxygen atoms in total. The molecule has 0 saturated heterocycles. The van der Waals surface area contributed by atoms with Crippen LogP contribution < -0.4 is 5.32 Å². The van der Waals surface area contributed by atoms with E-state index >= 15 is 0 Å². The lowest BCUT2D eigenvalue weighted by atomic mass is 9.64. The van der Waals surface area contributed by atoms with E-state index in [0.29, 0.717) is 6.42 Å². The molecule has 2 bridgehead atoms. The van der Waals surface area contributed by atoms with Crippen LogP contribution in [0.3, 0.4) is 0 Å². The topological polar surface area (TPSA) is 61.7 Å². The van der Waals surface area contributed by atoms with Crippen LogP contribution in [0.5, 0.6) is 0 Å². The van der Waals surface area contributed by atoms with E-state index in [1.807, 2.05) is 30.3 Å². The first kappa shape index (κ1) is 14.1. The molecule has 0 aromatic heterocycles. The molecule has 3 rings (SSSR count). The number of amides is 1. The van der Waals surface area contributed by atoms with E-state index in [1.54, 1.807) is 0 Å². The van der Waals surface area contributed by atoms with E-state index in [1.165, 1.54) is 0 Å². The van der Waals surface area contributed by atoms with Gasteiger partial charge >= 0.3 is 0 Å². The first-order valence-electron chi connectivity index (χ1n) is 7.45. The molecule has 0 radical (unpaired) electrons. The first-order chi connectivity index (χ1) is 9.87. The largest absolute Gasteiger partial charge is 0.411 e. The summed E-state index contributed by atoms with van der Waals surface area (Å²) in [6.07, 6.45) is 2.28. The summed E-state index contributed by atoms with van der Waals surface area (Å²) in [6.45, 7) is 6.37. The van der Waals surface area contributed by atoms with Crippen LogP contribution in [0, 0.1) is 16.2 Å². The van der Waals surface area contributed by atoms with Gasteiger partial charge in [-0.3, -0.25) is 4.79 Å². The minimum atomic E-state index is -0.487. The van der Waals surface area contributed by atoms with Crippen molar-refractivity contribution in [3.8, 4) is 0 Å². The Balaban J connectivity index is 1.96. The van der Waals surface area contributed by atoms with E-state index in [0.717, 1.165) is 24.2 Å². The highest BCUT2D eigenvalue weighted by Crippen LogP contribution is 2.71. The fourth-order valence-corrected chi connectivity index (χ4v) is 4.31. The Morgan fingerprint density at radius 1 is 1.19 bits per heavy atom. The number of oxime groups is 1. The van der Waals surface area contributed by atoms with Crippen molar-refractivity contribution in [1.29, 1.82) is 0 Å². The van der Waals surface area contributed by atoms with E-state index in [9.17, 15) is 10.0 Å². The fraction of sp³-hybridized carbons (Fsp3) is 0.529. The number of carbonyl (C=O) groups is 1. The molecule has 2 aliphatic rings. The Morgan fingerprint density at radius 2 is 1.86 bits per heavy atom. The van der Waals surface area contributed by atoms with Crippen LogP contribution in [0.15, 0.2) is 35.5 Å². The van der Waals surface area contributed by atoms with Crippen molar-refractivity contribution in [2.45, 2.75) is 40.0 Å². The monoisotopic (exact) mass is 286 g/mol. The molecule has 0 spiro atoms. The van der Waals surface area contributed by atoms with Crippen molar-refractivity contribution < 1.29 is 10.0 Å². The zero-order valence-corrected chi connectivity index (χ0v) is 12.8. The smallest absolute Gasteiger partial charge is 0.231 e. The van der Waals surface area contributed by atoms with E-state index < -0.39 is 5.41 Å². The maximum atomic E-state index is 13.0. The van der Waals surface area contributed by atoms with Gasteiger partial charge in [0.25, 0.3) is 0 Å². The Labute approximate surface area is 125 Å². The number of anilines is 1. The van der Waals surface area contributed by atoms with E-state index in [2.05, 4.69) is 31.2 Å². The van der Waals surface area contributed by atoms with Crippen LogP contribution >= 0.6 is 0 Å². The molecule has 2 atom stereocenters. The van der Waals surface area contributed by atoms with Gasteiger partial charge in [0.2, 0.25) is 5.91 Å². The molecular formula is C17H22N2O2. The van der Waals surface area contributed by atoms with Crippen molar-refractivity contribution in [3.63, 3.8) is 0 Å². The van der Waals surface area contributed by atoms with Gasteiger partial charge in [-0.15, -0.1) is 0 Å². The summed E-state index contributed by atoms with van der Waals surface area (Å²) in [6, 6.07) is 9.53. The van der Waals surface area contributed by atoms with Gasteiger partial charge in [-0.05, 0) is 30.4 Å². The standard InChI is InChI=1S/C17H22N2O2/c1-15(2)16(3)9-10-17(15,11-13(16)19-21)14(20)18-12-7-5-4-6-8-12/h4-8,21H,9-11H2,1-3H3,(H,18,20)/b19-13-/t16-,17+/m0/s1. The summed E-state index contributed by atoms with van der Waals surface area (Å²) < 4.78 is 0. The normalized spacial score (nSPS) is 35.1. The SMILES string of the molecule is CC1(C)[C@]2(C(=O)Nc3ccccc3)CC[C@@]1(C)/C(=N\O)C2. The minimum absolute atomic E-state index is 0.0427. The third-order valence-electron chi connectivity index (χ3n) is 6.32. The lowest BCUT2D eigenvalue weighted by molar-refractivity contribution is -0.130. The zero-order valence-electron chi connectivity index (χ0n) is 12.8. The fourth-order valence-electron chi connectivity index (χ4n) is 4.31. The van der Waals surface area contributed by atoms with Crippen LogP contribution in [-0.4, -0.2) is 16.8 Å². The number of rotatable bonds is 2. The second-order valence-corrected chi connectivity index (χ2v) is 7.08. The molecule has 0 aliphatic heterocycles. The number of nitrogens with zero attached hydrogens (tertiary/aromatic N) is 1. The number of nitrogens with one attached hydrogen (secondary N) is 1. The second-order valence-electron chi connectivity index (χ2n) is 7.08. The minimum Gasteiger partial charge on any atom is -0.411 e. The molecule has 2 aliphatic carbocycles. The number of hydrogen-bond acceptors (Lipinski definition) is 3. The summed E-state index contributed by atoms with van der Waals surface area (Å²) in [7, 11) is 0. The van der Waals surface area contributed by atoms with Crippen molar-refractivity contribution in [1.82, 2.24) is 0 Å². The maximum Gasteiger partial charge on any atom is 0.231 e. The van der Waals surface area contributed by atoms with Gasteiger partial charge in [-0.2, -0.15) is 0 Å². The van der Waals surface area contributed by atoms with Crippen molar-refractivity contribution >= 4 is 17.3 Å². The third-order valence-corrected chi connectivity index (χ3v) is 6.32. The highest BCUT2D eigenvalue weighted by atomic mass is 16.4.